The number of rotatable bonds is 6. The van der Waals surface area contributed by atoms with Crippen molar-refractivity contribution in [2.24, 2.45) is 5.10 Å². The van der Waals surface area contributed by atoms with E-state index in [2.05, 4.69) is 10.5 Å². The van der Waals surface area contributed by atoms with Crippen LogP contribution in [0, 0.1) is 0 Å². The monoisotopic (exact) mass is 360 g/mol. The molecule has 0 aliphatic heterocycles. The Bertz CT molecular complexity index is 885. The first kappa shape index (κ1) is 18.2. The Morgan fingerprint density at radius 1 is 1.00 bits per heavy atom. The summed E-state index contributed by atoms with van der Waals surface area (Å²) in [6.45, 7) is 0. The van der Waals surface area contributed by atoms with Crippen molar-refractivity contribution in [3.8, 4) is 11.5 Å². The number of amides is 1. The molecule has 0 unspecified atom stereocenters. The van der Waals surface area contributed by atoms with E-state index in [0.717, 1.165) is 11.1 Å². The van der Waals surface area contributed by atoms with E-state index in [0.29, 0.717) is 11.3 Å². The molecular formula is C22H20N2O3. The van der Waals surface area contributed by atoms with Crippen molar-refractivity contribution in [2.75, 3.05) is 7.11 Å². The largest absolute Gasteiger partial charge is 0.507 e. The number of phenolic OH excluding ortho intramolecular Hbond substituents is 1. The van der Waals surface area contributed by atoms with Crippen molar-refractivity contribution in [1.29, 1.82) is 0 Å². The Balaban J connectivity index is 1.81. The average molecular weight is 360 g/mol. The van der Waals surface area contributed by atoms with Crippen LogP contribution >= 0.6 is 0 Å². The number of carbonyl (C=O) groups is 1. The maximum absolute atomic E-state index is 12.8. The van der Waals surface area contributed by atoms with Gasteiger partial charge in [-0.3, -0.25) is 4.79 Å². The second-order valence-electron chi connectivity index (χ2n) is 5.91. The molecule has 0 radical (unpaired) electrons. The Labute approximate surface area is 157 Å². The van der Waals surface area contributed by atoms with Crippen LogP contribution in [0.15, 0.2) is 84.0 Å². The molecule has 3 aromatic carbocycles. The van der Waals surface area contributed by atoms with Crippen molar-refractivity contribution in [3.63, 3.8) is 0 Å². The molecule has 0 spiro atoms. The predicted molar refractivity (Wildman–Crippen MR) is 105 cm³/mol. The topological polar surface area (TPSA) is 70.9 Å². The molecule has 27 heavy (non-hydrogen) atoms. The van der Waals surface area contributed by atoms with E-state index in [-0.39, 0.29) is 11.7 Å². The molecule has 0 heterocycles. The molecular weight excluding hydrogens is 340 g/mol. The number of carbonyl (C=O) groups excluding carboxylic acids is 1. The fourth-order valence-corrected chi connectivity index (χ4v) is 2.78. The molecule has 0 bridgehead atoms. The number of methoxy groups -OCH3 is 1. The van der Waals surface area contributed by atoms with Gasteiger partial charge in [0.15, 0.2) is 0 Å². The predicted octanol–water partition coefficient (Wildman–Crippen LogP) is 3.68. The average Bonchev–Trinajstić information content (AvgIpc) is 2.71. The summed E-state index contributed by atoms with van der Waals surface area (Å²) >= 11 is 0. The van der Waals surface area contributed by atoms with Crippen LogP contribution in [0.5, 0.6) is 11.5 Å². The second kappa shape index (κ2) is 8.67. The number of hydrazone groups is 1. The SMILES string of the molecule is COc1ccc(O)c(/C=N/NC(=O)C(c2ccccc2)c2ccccc2)c1. The van der Waals surface area contributed by atoms with E-state index in [1.807, 2.05) is 60.7 Å². The van der Waals surface area contributed by atoms with Crippen LogP contribution in [-0.4, -0.2) is 24.3 Å². The third kappa shape index (κ3) is 4.52. The van der Waals surface area contributed by atoms with Crippen molar-refractivity contribution >= 4 is 12.1 Å². The third-order valence-electron chi connectivity index (χ3n) is 4.14. The van der Waals surface area contributed by atoms with Gasteiger partial charge >= 0.3 is 0 Å². The van der Waals surface area contributed by atoms with E-state index in [9.17, 15) is 9.90 Å². The van der Waals surface area contributed by atoms with Gasteiger partial charge in [0, 0.05) is 5.56 Å². The molecule has 136 valence electrons. The molecule has 0 saturated carbocycles. The highest BCUT2D eigenvalue weighted by molar-refractivity contribution is 5.89. The highest BCUT2D eigenvalue weighted by atomic mass is 16.5. The van der Waals surface area contributed by atoms with Crippen LogP contribution in [0.1, 0.15) is 22.6 Å². The van der Waals surface area contributed by atoms with Gasteiger partial charge in [0.25, 0.3) is 5.91 Å². The minimum atomic E-state index is -0.483. The molecule has 3 rings (SSSR count). The van der Waals surface area contributed by atoms with E-state index in [4.69, 9.17) is 4.74 Å². The quantitative estimate of drug-likeness (QED) is 0.520. The number of aromatic hydroxyl groups is 1. The number of phenols is 1. The lowest BCUT2D eigenvalue weighted by atomic mass is 9.91. The van der Waals surface area contributed by atoms with Crippen LogP contribution in [0.2, 0.25) is 0 Å². The molecule has 2 N–H and O–H groups in total. The van der Waals surface area contributed by atoms with Gasteiger partial charge in [-0.05, 0) is 29.3 Å². The first-order valence-electron chi connectivity index (χ1n) is 8.49. The minimum absolute atomic E-state index is 0.0523. The normalized spacial score (nSPS) is 10.9. The second-order valence-corrected chi connectivity index (χ2v) is 5.91. The Hall–Kier alpha value is -3.60. The molecule has 5 heteroatoms. The zero-order valence-electron chi connectivity index (χ0n) is 14.9. The van der Waals surface area contributed by atoms with Gasteiger partial charge in [-0.15, -0.1) is 0 Å². The van der Waals surface area contributed by atoms with Crippen LogP contribution in [0.3, 0.4) is 0 Å². The Morgan fingerprint density at radius 2 is 1.59 bits per heavy atom. The summed E-state index contributed by atoms with van der Waals surface area (Å²) in [5.74, 6) is -0.0991. The number of benzene rings is 3. The third-order valence-corrected chi connectivity index (χ3v) is 4.14. The molecule has 3 aromatic rings. The zero-order chi connectivity index (χ0) is 19.1. The lowest BCUT2D eigenvalue weighted by Crippen LogP contribution is -2.26. The summed E-state index contributed by atoms with van der Waals surface area (Å²) in [4.78, 5) is 12.8. The fraction of sp³-hybridized carbons (Fsp3) is 0.0909. The van der Waals surface area contributed by atoms with Crippen LogP contribution in [0.25, 0.3) is 0 Å². The molecule has 0 aromatic heterocycles. The van der Waals surface area contributed by atoms with E-state index in [1.165, 1.54) is 12.3 Å². The van der Waals surface area contributed by atoms with Crippen molar-refractivity contribution in [3.05, 3.63) is 95.6 Å². The van der Waals surface area contributed by atoms with Crippen LogP contribution in [0.4, 0.5) is 0 Å². The lowest BCUT2D eigenvalue weighted by Gasteiger charge is -2.16. The van der Waals surface area contributed by atoms with Crippen molar-refractivity contribution in [2.45, 2.75) is 5.92 Å². The van der Waals surface area contributed by atoms with Crippen LogP contribution in [-0.2, 0) is 4.79 Å². The van der Waals surface area contributed by atoms with E-state index in [1.54, 1.807) is 19.2 Å². The highest BCUT2D eigenvalue weighted by Crippen LogP contribution is 2.25. The summed E-state index contributed by atoms with van der Waals surface area (Å²) in [7, 11) is 1.54. The number of hydrogen-bond donors (Lipinski definition) is 2. The molecule has 0 aliphatic rings. The fourth-order valence-electron chi connectivity index (χ4n) is 2.78. The summed E-state index contributed by atoms with van der Waals surface area (Å²) < 4.78 is 5.13. The molecule has 5 nitrogen and oxygen atoms in total. The Morgan fingerprint density at radius 3 is 2.15 bits per heavy atom. The van der Waals surface area contributed by atoms with Gasteiger partial charge in [-0.1, -0.05) is 60.7 Å². The summed E-state index contributed by atoms with van der Waals surface area (Å²) in [5, 5.41) is 13.9. The molecule has 0 fully saturated rings. The molecule has 0 aliphatic carbocycles. The van der Waals surface area contributed by atoms with E-state index >= 15 is 0 Å². The summed E-state index contributed by atoms with van der Waals surface area (Å²) in [5.41, 5.74) is 4.77. The first-order chi connectivity index (χ1) is 13.2. The maximum atomic E-state index is 12.8. The van der Waals surface area contributed by atoms with E-state index < -0.39 is 5.92 Å². The number of hydrogen-bond acceptors (Lipinski definition) is 4. The number of ether oxygens (including phenoxy) is 1. The highest BCUT2D eigenvalue weighted by Gasteiger charge is 2.22. The molecule has 0 atom stereocenters. The van der Waals surface area contributed by atoms with Gasteiger partial charge in [-0.2, -0.15) is 5.10 Å². The van der Waals surface area contributed by atoms with Gasteiger partial charge in [0.2, 0.25) is 0 Å². The van der Waals surface area contributed by atoms with Gasteiger partial charge in [0.1, 0.15) is 11.5 Å². The van der Waals surface area contributed by atoms with Gasteiger partial charge < -0.3 is 9.84 Å². The smallest absolute Gasteiger partial charge is 0.252 e. The van der Waals surface area contributed by atoms with Gasteiger partial charge in [0.05, 0.1) is 19.2 Å². The minimum Gasteiger partial charge on any atom is -0.507 e. The molecule has 0 saturated heterocycles. The van der Waals surface area contributed by atoms with Gasteiger partial charge in [-0.25, -0.2) is 5.43 Å². The van der Waals surface area contributed by atoms with Crippen LogP contribution < -0.4 is 10.2 Å². The number of nitrogens with zero attached hydrogens (tertiary/aromatic N) is 1. The zero-order valence-corrected chi connectivity index (χ0v) is 14.9. The molecule has 1 amide bonds. The standard InChI is InChI=1S/C22H20N2O3/c1-27-19-12-13-20(25)18(14-19)15-23-24-22(26)21(16-8-4-2-5-9-16)17-10-6-3-7-11-17/h2-15,21,25H,1H3,(H,24,26)/b23-15+. The maximum Gasteiger partial charge on any atom is 0.252 e. The summed E-state index contributed by atoms with van der Waals surface area (Å²) in [6.07, 6.45) is 1.39. The first-order valence-corrected chi connectivity index (χ1v) is 8.49. The lowest BCUT2D eigenvalue weighted by molar-refractivity contribution is -0.121. The Kier molecular flexibility index (Phi) is 5.84. The summed E-state index contributed by atoms with van der Waals surface area (Å²) in [6, 6.07) is 23.9. The number of nitrogens with one attached hydrogen (secondary N) is 1. The van der Waals surface area contributed by atoms with Crippen molar-refractivity contribution < 1.29 is 14.6 Å². The van der Waals surface area contributed by atoms with Crippen molar-refractivity contribution in [1.82, 2.24) is 5.43 Å².